The van der Waals surface area contributed by atoms with Crippen molar-refractivity contribution >= 4 is 53.7 Å². The van der Waals surface area contributed by atoms with Crippen LogP contribution >= 0.6 is 47.8 Å². The van der Waals surface area contributed by atoms with Crippen molar-refractivity contribution in [1.82, 2.24) is 5.32 Å². The summed E-state index contributed by atoms with van der Waals surface area (Å²) in [5, 5.41) is 3.04. The van der Waals surface area contributed by atoms with E-state index in [4.69, 9.17) is 0 Å². The van der Waals surface area contributed by atoms with Gasteiger partial charge in [-0.25, -0.2) is 0 Å². The molecule has 0 spiro atoms. The summed E-state index contributed by atoms with van der Waals surface area (Å²) in [7, 11) is 0. The molecule has 2 rings (SSSR count). The molecular formula is C14H16Br3NO. The van der Waals surface area contributed by atoms with E-state index in [1.807, 2.05) is 18.2 Å². The Labute approximate surface area is 139 Å². The first-order valence-electron chi connectivity index (χ1n) is 6.43. The fraction of sp³-hybridized carbons (Fsp3) is 0.500. The first-order chi connectivity index (χ1) is 9.06. The third-order valence-corrected chi connectivity index (χ3v) is 5.57. The van der Waals surface area contributed by atoms with Gasteiger partial charge in [0, 0.05) is 20.3 Å². The van der Waals surface area contributed by atoms with E-state index in [2.05, 4.69) is 53.1 Å². The van der Waals surface area contributed by atoms with Crippen molar-refractivity contribution in [1.29, 1.82) is 0 Å². The topological polar surface area (TPSA) is 29.1 Å². The minimum Gasteiger partial charge on any atom is -0.352 e. The number of hydrogen-bond acceptors (Lipinski definition) is 1. The maximum Gasteiger partial charge on any atom is 0.252 e. The summed E-state index contributed by atoms with van der Waals surface area (Å²) in [6, 6.07) is 5.61. The molecule has 0 aliphatic heterocycles. The Bertz CT molecular complexity index is 456. The van der Waals surface area contributed by atoms with Gasteiger partial charge in [0.05, 0.1) is 5.56 Å². The van der Waals surface area contributed by atoms with Gasteiger partial charge < -0.3 is 5.32 Å². The van der Waals surface area contributed by atoms with E-state index in [0.29, 0.717) is 16.3 Å². The zero-order valence-corrected chi connectivity index (χ0v) is 15.2. The van der Waals surface area contributed by atoms with E-state index in [9.17, 15) is 4.79 Å². The van der Waals surface area contributed by atoms with Crippen LogP contribution < -0.4 is 5.32 Å². The Morgan fingerprint density at radius 2 is 1.89 bits per heavy atom. The highest BCUT2D eigenvalue weighted by Gasteiger charge is 2.20. The van der Waals surface area contributed by atoms with Crippen molar-refractivity contribution in [3.63, 3.8) is 0 Å². The summed E-state index contributed by atoms with van der Waals surface area (Å²) in [6.07, 6.45) is 4.81. The predicted octanol–water partition coefficient (Wildman–Crippen LogP) is 4.90. The Morgan fingerprint density at radius 3 is 2.53 bits per heavy atom. The number of halogens is 3. The quantitative estimate of drug-likeness (QED) is 0.648. The number of amides is 1. The van der Waals surface area contributed by atoms with Gasteiger partial charge in [-0.1, -0.05) is 31.9 Å². The summed E-state index contributed by atoms with van der Waals surface area (Å²) in [6.45, 7) is 0.779. The molecule has 1 aromatic rings. The molecule has 5 heteroatoms. The standard InChI is InChI=1S/C14H16Br3NO/c15-10-3-1-9(2-4-10)8-18-14(19)12-6-5-11(16)7-13(12)17/h5-7,9-10H,1-4,8H2,(H,18,19). The molecule has 0 heterocycles. The van der Waals surface area contributed by atoms with Gasteiger partial charge in [0.15, 0.2) is 0 Å². The van der Waals surface area contributed by atoms with Gasteiger partial charge in [-0.05, 0) is 65.7 Å². The van der Waals surface area contributed by atoms with Crippen molar-refractivity contribution in [2.75, 3.05) is 6.54 Å². The molecule has 0 unspecified atom stereocenters. The van der Waals surface area contributed by atoms with Gasteiger partial charge >= 0.3 is 0 Å². The molecule has 1 N–H and O–H groups in total. The summed E-state index contributed by atoms with van der Waals surface area (Å²) < 4.78 is 1.79. The lowest BCUT2D eigenvalue weighted by Gasteiger charge is -2.25. The zero-order chi connectivity index (χ0) is 13.8. The van der Waals surface area contributed by atoms with E-state index >= 15 is 0 Å². The van der Waals surface area contributed by atoms with Crippen LogP contribution in [0.15, 0.2) is 27.1 Å². The van der Waals surface area contributed by atoms with E-state index in [1.54, 1.807) is 0 Å². The number of carbonyl (C=O) groups is 1. The molecule has 2 nitrogen and oxygen atoms in total. The maximum atomic E-state index is 12.1. The van der Waals surface area contributed by atoms with E-state index in [1.165, 1.54) is 25.7 Å². The summed E-state index contributed by atoms with van der Waals surface area (Å²) in [5.74, 6) is 0.618. The minimum absolute atomic E-state index is 0.000315. The maximum absolute atomic E-state index is 12.1. The predicted molar refractivity (Wildman–Crippen MR) is 88.8 cm³/mol. The number of rotatable bonds is 3. The van der Waals surface area contributed by atoms with Gasteiger partial charge in [0.1, 0.15) is 0 Å². The normalized spacial score (nSPS) is 23.1. The second-order valence-electron chi connectivity index (χ2n) is 4.95. The zero-order valence-electron chi connectivity index (χ0n) is 10.5. The fourth-order valence-electron chi connectivity index (χ4n) is 2.33. The van der Waals surface area contributed by atoms with Crippen LogP contribution in [-0.4, -0.2) is 17.3 Å². The van der Waals surface area contributed by atoms with Gasteiger partial charge in [-0.15, -0.1) is 0 Å². The summed E-state index contributed by atoms with van der Waals surface area (Å²) >= 11 is 10.5. The molecule has 0 radical (unpaired) electrons. The number of benzene rings is 1. The second kappa shape index (κ2) is 7.23. The molecule has 0 atom stereocenters. The number of alkyl halides is 1. The van der Waals surface area contributed by atoms with Crippen LogP contribution in [0.2, 0.25) is 0 Å². The number of carbonyl (C=O) groups excluding carboxylic acids is 1. The summed E-state index contributed by atoms with van der Waals surface area (Å²) in [5.41, 5.74) is 0.692. The Hall–Kier alpha value is 0.130. The molecule has 1 aromatic carbocycles. The van der Waals surface area contributed by atoms with Crippen LogP contribution in [0.4, 0.5) is 0 Å². The van der Waals surface area contributed by atoms with Crippen LogP contribution in [0.3, 0.4) is 0 Å². The van der Waals surface area contributed by atoms with Crippen molar-refractivity contribution in [3.05, 3.63) is 32.7 Å². The van der Waals surface area contributed by atoms with Gasteiger partial charge in [-0.3, -0.25) is 4.79 Å². The molecule has 1 amide bonds. The van der Waals surface area contributed by atoms with Crippen molar-refractivity contribution in [3.8, 4) is 0 Å². The average Bonchev–Trinajstić information content (AvgIpc) is 2.37. The third kappa shape index (κ3) is 4.57. The first kappa shape index (κ1) is 15.5. The highest BCUT2D eigenvalue weighted by molar-refractivity contribution is 9.11. The van der Waals surface area contributed by atoms with Crippen LogP contribution in [0.25, 0.3) is 0 Å². The lowest BCUT2D eigenvalue weighted by Crippen LogP contribution is -2.31. The molecular weight excluding hydrogens is 438 g/mol. The lowest BCUT2D eigenvalue weighted by molar-refractivity contribution is 0.0943. The van der Waals surface area contributed by atoms with E-state index < -0.39 is 0 Å². The highest BCUT2D eigenvalue weighted by atomic mass is 79.9. The molecule has 0 saturated heterocycles. The second-order valence-corrected chi connectivity index (χ2v) is 8.02. The Morgan fingerprint density at radius 1 is 1.21 bits per heavy atom. The largest absolute Gasteiger partial charge is 0.352 e. The lowest BCUT2D eigenvalue weighted by atomic mass is 9.89. The van der Waals surface area contributed by atoms with Gasteiger partial charge in [0.2, 0.25) is 0 Å². The SMILES string of the molecule is O=C(NCC1CCC(Br)CC1)c1ccc(Br)cc1Br. The van der Waals surface area contributed by atoms with Crippen molar-refractivity contribution in [2.24, 2.45) is 5.92 Å². The average molecular weight is 454 g/mol. The van der Waals surface area contributed by atoms with Crippen molar-refractivity contribution in [2.45, 2.75) is 30.5 Å². The Kier molecular flexibility index (Phi) is 5.90. The van der Waals surface area contributed by atoms with Crippen LogP contribution in [0.5, 0.6) is 0 Å². The van der Waals surface area contributed by atoms with E-state index in [-0.39, 0.29) is 5.91 Å². The number of hydrogen-bond donors (Lipinski definition) is 1. The first-order valence-corrected chi connectivity index (χ1v) is 8.93. The third-order valence-electron chi connectivity index (χ3n) is 3.50. The van der Waals surface area contributed by atoms with Crippen LogP contribution in [0.1, 0.15) is 36.0 Å². The fourth-order valence-corrected chi connectivity index (χ4v) is 4.09. The molecule has 1 saturated carbocycles. The smallest absolute Gasteiger partial charge is 0.252 e. The molecule has 1 aliphatic carbocycles. The molecule has 1 aliphatic rings. The van der Waals surface area contributed by atoms with Crippen molar-refractivity contribution < 1.29 is 4.79 Å². The van der Waals surface area contributed by atoms with E-state index in [0.717, 1.165) is 15.5 Å². The minimum atomic E-state index is 0.000315. The van der Waals surface area contributed by atoms with Gasteiger partial charge in [-0.2, -0.15) is 0 Å². The molecule has 0 aromatic heterocycles. The van der Waals surface area contributed by atoms with Crippen LogP contribution in [0, 0.1) is 5.92 Å². The van der Waals surface area contributed by atoms with Gasteiger partial charge in [0.25, 0.3) is 5.91 Å². The highest BCUT2D eigenvalue weighted by Crippen LogP contribution is 2.28. The number of nitrogens with one attached hydrogen (secondary N) is 1. The molecule has 104 valence electrons. The Balaban J connectivity index is 1.87. The monoisotopic (exact) mass is 451 g/mol. The van der Waals surface area contributed by atoms with Crippen LogP contribution in [-0.2, 0) is 0 Å². The molecule has 19 heavy (non-hydrogen) atoms. The molecule has 0 bridgehead atoms. The summed E-state index contributed by atoms with van der Waals surface area (Å²) in [4.78, 5) is 12.8. The molecule has 1 fully saturated rings.